The summed E-state index contributed by atoms with van der Waals surface area (Å²) >= 11 is 0. The van der Waals surface area contributed by atoms with Crippen LogP contribution >= 0.6 is 0 Å². The van der Waals surface area contributed by atoms with Crippen LogP contribution in [0, 0.1) is 6.92 Å². The Morgan fingerprint density at radius 3 is 2.27 bits per heavy atom. The second-order valence-corrected chi connectivity index (χ2v) is 12.8. The highest BCUT2D eigenvalue weighted by Gasteiger charge is 2.37. The van der Waals surface area contributed by atoms with E-state index < -0.39 is 17.3 Å². The molecule has 1 aromatic heterocycles. The van der Waals surface area contributed by atoms with Gasteiger partial charge in [-0.05, 0) is 72.1 Å². The summed E-state index contributed by atoms with van der Waals surface area (Å²) in [5.41, 5.74) is 1.89. The van der Waals surface area contributed by atoms with Gasteiger partial charge in [0.05, 0.1) is 24.5 Å². The molecule has 222 valence electrons. The third-order valence-electron chi connectivity index (χ3n) is 7.19. The lowest BCUT2D eigenvalue weighted by molar-refractivity contribution is 0.0292. The minimum Gasteiger partial charge on any atom is -0.486 e. The summed E-state index contributed by atoms with van der Waals surface area (Å²) in [5.74, 6) is 1.82. The molecular weight excluding hydrogens is 526 g/mol. The van der Waals surface area contributed by atoms with Gasteiger partial charge in [0.2, 0.25) is 0 Å². The lowest BCUT2D eigenvalue weighted by atomic mass is 9.95. The number of hydrogen-bond acceptors (Lipinski definition) is 9. The number of carbonyl (C=O) groups excluding carboxylic acids is 2. The molecule has 1 aromatic carbocycles. The van der Waals surface area contributed by atoms with Crippen LogP contribution in [-0.4, -0.2) is 77.6 Å². The monoisotopic (exact) mass is 567 g/mol. The third-order valence-corrected chi connectivity index (χ3v) is 7.19. The van der Waals surface area contributed by atoms with Crippen LogP contribution in [0.5, 0.6) is 5.75 Å². The van der Waals surface area contributed by atoms with Crippen LogP contribution in [0.2, 0.25) is 0 Å². The van der Waals surface area contributed by atoms with Gasteiger partial charge in [0.1, 0.15) is 35.7 Å². The number of hydrogen-bond donors (Lipinski definition) is 0. The minimum absolute atomic E-state index is 0.0732. The number of aromatic nitrogens is 2. The summed E-state index contributed by atoms with van der Waals surface area (Å²) in [7, 11) is 0. The van der Waals surface area contributed by atoms with E-state index in [-0.39, 0.29) is 18.6 Å². The van der Waals surface area contributed by atoms with Crippen LogP contribution in [0.25, 0.3) is 0 Å². The molecule has 4 heterocycles. The van der Waals surface area contributed by atoms with Crippen molar-refractivity contribution in [3.8, 4) is 5.75 Å². The Bertz CT molecular complexity index is 1310. The highest BCUT2D eigenvalue weighted by Crippen LogP contribution is 2.45. The number of rotatable bonds is 2. The number of anilines is 3. The minimum atomic E-state index is -0.726. The number of amides is 2. The topological polar surface area (TPSA) is 107 Å². The van der Waals surface area contributed by atoms with Crippen molar-refractivity contribution in [1.29, 1.82) is 0 Å². The fourth-order valence-electron chi connectivity index (χ4n) is 5.41. The van der Waals surface area contributed by atoms with E-state index in [1.165, 1.54) is 11.2 Å². The lowest BCUT2D eigenvalue weighted by Gasteiger charge is -2.31. The molecule has 3 aliphatic heterocycles. The van der Waals surface area contributed by atoms with Crippen molar-refractivity contribution in [2.24, 2.45) is 0 Å². The van der Waals surface area contributed by atoms with E-state index in [1.54, 1.807) is 4.90 Å². The Labute approximate surface area is 241 Å². The van der Waals surface area contributed by atoms with E-state index in [4.69, 9.17) is 18.9 Å². The maximum atomic E-state index is 13.9. The predicted octanol–water partition coefficient (Wildman–Crippen LogP) is 5.31. The van der Waals surface area contributed by atoms with Crippen molar-refractivity contribution in [3.63, 3.8) is 0 Å². The van der Waals surface area contributed by atoms with Crippen molar-refractivity contribution in [2.75, 3.05) is 49.2 Å². The van der Waals surface area contributed by atoms with Gasteiger partial charge in [-0.3, -0.25) is 0 Å². The first kappa shape index (κ1) is 28.9. The van der Waals surface area contributed by atoms with Crippen LogP contribution in [0.3, 0.4) is 0 Å². The van der Waals surface area contributed by atoms with E-state index in [0.29, 0.717) is 56.6 Å². The molecule has 2 aromatic rings. The van der Waals surface area contributed by atoms with Gasteiger partial charge >= 0.3 is 12.2 Å². The third kappa shape index (κ3) is 6.34. The zero-order valence-corrected chi connectivity index (χ0v) is 25.2. The molecule has 0 saturated carbocycles. The largest absolute Gasteiger partial charge is 0.486 e. The van der Waals surface area contributed by atoms with Crippen LogP contribution in [0.1, 0.15) is 70.6 Å². The number of fused-ring (bicyclic) bond motifs is 2. The van der Waals surface area contributed by atoms with Gasteiger partial charge in [-0.15, -0.1) is 0 Å². The fourth-order valence-corrected chi connectivity index (χ4v) is 5.41. The van der Waals surface area contributed by atoms with Gasteiger partial charge < -0.3 is 28.7 Å². The maximum Gasteiger partial charge on any atom is 0.420 e. The number of carbonyl (C=O) groups is 2. The number of nitrogens with zero attached hydrogens (tertiary/aromatic N) is 5. The summed E-state index contributed by atoms with van der Waals surface area (Å²) in [4.78, 5) is 41.2. The van der Waals surface area contributed by atoms with E-state index >= 15 is 0 Å². The normalized spacial score (nSPS) is 19.2. The van der Waals surface area contributed by atoms with Crippen LogP contribution in [0.4, 0.5) is 26.9 Å². The first-order chi connectivity index (χ1) is 19.3. The van der Waals surface area contributed by atoms with Gasteiger partial charge in [-0.25, -0.2) is 24.5 Å². The fraction of sp³-hybridized carbons (Fsp3) is 0.600. The standard InChI is InChI=1S/C30H41N5O6/c1-19-14-21(20-8-9-34(16-20)27(36)40-29(2,3)4)15-23-24(19)39-17-22-25(33-10-12-38-13-11-33)31-18-32-26(22)35(23)28(37)41-30(5,6)7/h14-15,18,20H,8-13,16-17H2,1-7H3. The van der Waals surface area contributed by atoms with Crippen molar-refractivity contribution >= 4 is 29.5 Å². The van der Waals surface area contributed by atoms with Gasteiger partial charge in [-0.2, -0.15) is 0 Å². The molecule has 11 heteroatoms. The van der Waals surface area contributed by atoms with E-state index in [9.17, 15) is 9.59 Å². The number of benzene rings is 1. The molecule has 41 heavy (non-hydrogen) atoms. The average molecular weight is 568 g/mol. The van der Waals surface area contributed by atoms with E-state index in [2.05, 4.69) is 20.9 Å². The van der Waals surface area contributed by atoms with Gasteiger partial charge in [0.15, 0.2) is 5.82 Å². The molecule has 2 saturated heterocycles. The molecule has 11 nitrogen and oxygen atoms in total. The lowest BCUT2D eigenvalue weighted by Crippen LogP contribution is -2.38. The molecule has 2 fully saturated rings. The molecule has 0 spiro atoms. The Kier molecular flexibility index (Phi) is 7.76. The van der Waals surface area contributed by atoms with Crippen molar-refractivity contribution < 1.29 is 28.5 Å². The van der Waals surface area contributed by atoms with Crippen LogP contribution < -0.4 is 14.5 Å². The SMILES string of the molecule is Cc1cc(C2CCN(C(=O)OC(C)(C)C)C2)cc2c1OCc1c(N3CCOCC3)ncnc1N2C(=O)OC(C)(C)C. The number of aryl methyl sites for hydroxylation is 1. The second kappa shape index (κ2) is 11.0. The highest BCUT2D eigenvalue weighted by atomic mass is 16.6. The summed E-state index contributed by atoms with van der Waals surface area (Å²) in [6, 6.07) is 4.06. The van der Waals surface area contributed by atoms with Gasteiger partial charge in [-0.1, -0.05) is 6.07 Å². The molecule has 5 rings (SSSR count). The Hall–Kier alpha value is -3.60. The first-order valence-electron chi connectivity index (χ1n) is 14.3. The highest BCUT2D eigenvalue weighted by molar-refractivity contribution is 5.99. The molecule has 0 aliphatic carbocycles. The van der Waals surface area contributed by atoms with Crippen molar-refractivity contribution in [2.45, 2.75) is 78.6 Å². The molecule has 2 amide bonds. The van der Waals surface area contributed by atoms with Crippen LogP contribution in [0.15, 0.2) is 18.5 Å². The van der Waals surface area contributed by atoms with Crippen LogP contribution in [-0.2, 0) is 20.8 Å². The maximum absolute atomic E-state index is 13.9. The smallest absolute Gasteiger partial charge is 0.420 e. The number of likely N-dealkylation sites (tertiary alicyclic amines) is 1. The molecule has 0 bridgehead atoms. The van der Waals surface area contributed by atoms with Crippen molar-refractivity contribution in [3.05, 3.63) is 35.2 Å². The molecule has 1 unspecified atom stereocenters. The van der Waals surface area contributed by atoms with Crippen molar-refractivity contribution in [1.82, 2.24) is 14.9 Å². The van der Waals surface area contributed by atoms with E-state index in [1.807, 2.05) is 54.5 Å². The molecule has 3 aliphatic rings. The second-order valence-electron chi connectivity index (χ2n) is 12.8. The Morgan fingerprint density at radius 2 is 1.59 bits per heavy atom. The average Bonchev–Trinajstić information content (AvgIpc) is 3.31. The first-order valence-corrected chi connectivity index (χ1v) is 14.3. The Morgan fingerprint density at radius 1 is 0.927 bits per heavy atom. The molecule has 0 radical (unpaired) electrons. The summed E-state index contributed by atoms with van der Waals surface area (Å²) in [5, 5.41) is 0. The van der Waals surface area contributed by atoms with Gasteiger partial charge in [0, 0.05) is 32.1 Å². The predicted molar refractivity (Wildman–Crippen MR) is 154 cm³/mol. The zero-order chi connectivity index (χ0) is 29.5. The zero-order valence-electron chi connectivity index (χ0n) is 25.2. The summed E-state index contributed by atoms with van der Waals surface area (Å²) in [6.07, 6.45) is 1.41. The molecule has 1 atom stereocenters. The quantitative estimate of drug-likeness (QED) is 0.477. The molecular formula is C30H41N5O6. The van der Waals surface area contributed by atoms with E-state index in [0.717, 1.165) is 28.9 Å². The summed E-state index contributed by atoms with van der Waals surface area (Å²) < 4.78 is 23.5. The number of ether oxygens (including phenoxy) is 4. The summed E-state index contributed by atoms with van der Waals surface area (Å²) in [6.45, 7) is 17.0. The molecule has 0 N–H and O–H groups in total. The Balaban J connectivity index is 1.55. The van der Waals surface area contributed by atoms with Gasteiger partial charge in [0.25, 0.3) is 0 Å². The number of morpholine rings is 1.